The second kappa shape index (κ2) is 7.86. The molecule has 0 unspecified atom stereocenters. The third kappa shape index (κ3) is 3.66. The molecule has 0 bridgehead atoms. The number of carbonyl (C=O) groups is 2. The summed E-state index contributed by atoms with van der Waals surface area (Å²) in [7, 11) is 1.49. The number of carbonyl (C=O) groups excluding carboxylic acids is 2. The van der Waals surface area contributed by atoms with Crippen molar-refractivity contribution in [1.82, 2.24) is 20.8 Å². The lowest BCUT2D eigenvalue weighted by Gasteiger charge is -2.56. The van der Waals surface area contributed by atoms with E-state index >= 15 is 0 Å². The number of pyridine rings is 1. The van der Waals surface area contributed by atoms with E-state index in [2.05, 4.69) is 20.8 Å². The van der Waals surface area contributed by atoms with Crippen LogP contribution in [0.4, 0.5) is 15.0 Å². The van der Waals surface area contributed by atoms with Gasteiger partial charge in [0, 0.05) is 37.6 Å². The summed E-state index contributed by atoms with van der Waals surface area (Å²) < 4.78 is 24.1. The summed E-state index contributed by atoms with van der Waals surface area (Å²) in [6.07, 6.45) is 1.13. The van der Waals surface area contributed by atoms with Gasteiger partial charge in [0.05, 0.1) is 5.52 Å². The molecule has 1 saturated carbocycles. The van der Waals surface area contributed by atoms with Crippen molar-refractivity contribution in [2.24, 2.45) is 5.41 Å². The third-order valence-electron chi connectivity index (χ3n) is 6.14. The van der Waals surface area contributed by atoms with Gasteiger partial charge in [-0.1, -0.05) is 5.16 Å². The number of hydrogen-bond donors (Lipinski definition) is 2. The highest BCUT2D eigenvalue weighted by Gasteiger charge is 2.52. The highest BCUT2D eigenvalue weighted by atomic mass is 19.1. The van der Waals surface area contributed by atoms with Crippen LogP contribution in [0.25, 0.3) is 10.9 Å². The number of fused-ring (bicyclic) bond motifs is 1. The molecule has 2 aliphatic rings. The molecule has 5 rings (SSSR count). The number of hydrogen-bond acceptors (Lipinski definition) is 7. The summed E-state index contributed by atoms with van der Waals surface area (Å²) in [5.74, 6) is -0.0273. The van der Waals surface area contributed by atoms with E-state index in [-0.39, 0.29) is 35.3 Å². The molecule has 2 aromatic heterocycles. The van der Waals surface area contributed by atoms with E-state index in [0.29, 0.717) is 16.7 Å². The van der Waals surface area contributed by atoms with Crippen LogP contribution in [0.5, 0.6) is 0 Å². The standard InChI is InChI=1S/C22H22FN5O4/c1-24-20(29)18-7-16(32-27-18)10-31-21(30)28(15-8-22(9-15)11-25-12-22)19-5-2-13-6-14(23)3-4-17(13)26-19/h2-7,15,25H,8-12H2,1H3,(H,24,29). The molecular formula is C22H22FN5O4. The predicted molar refractivity (Wildman–Crippen MR) is 113 cm³/mol. The number of nitrogens with one attached hydrogen (secondary N) is 2. The first-order valence-corrected chi connectivity index (χ1v) is 10.4. The fraction of sp³-hybridized carbons (Fsp3) is 0.364. The van der Waals surface area contributed by atoms with Crippen LogP contribution in [-0.4, -0.2) is 48.3 Å². The van der Waals surface area contributed by atoms with Crippen LogP contribution in [0.3, 0.4) is 0 Å². The molecule has 2 fully saturated rings. The van der Waals surface area contributed by atoms with Crippen molar-refractivity contribution in [2.45, 2.75) is 25.5 Å². The van der Waals surface area contributed by atoms with Gasteiger partial charge in [-0.05, 0) is 48.6 Å². The topological polar surface area (TPSA) is 110 Å². The first-order valence-electron chi connectivity index (χ1n) is 10.4. The number of anilines is 1. The molecular weight excluding hydrogens is 417 g/mol. The Morgan fingerprint density at radius 1 is 1.28 bits per heavy atom. The van der Waals surface area contributed by atoms with E-state index in [1.165, 1.54) is 25.2 Å². The van der Waals surface area contributed by atoms with E-state index in [1.54, 1.807) is 23.1 Å². The van der Waals surface area contributed by atoms with E-state index in [1.807, 2.05) is 0 Å². The normalized spacial score (nSPS) is 16.9. The maximum Gasteiger partial charge on any atom is 0.416 e. The zero-order valence-corrected chi connectivity index (χ0v) is 17.4. The van der Waals surface area contributed by atoms with E-state index in [0.717, 1.165) is 25.9 Å². The van der Waals surface area contributed by atoms with Gasteiger partial charge in [-0.2, -0.15) is 0 Å². The molecule has 2 N–H and O–H groups in total. The van der Waals surface area contributed by atoms with Crippen LogP contribution < -0.4 is 15.5 Å². The van der Waals surface area contributed by atoms with Crippen molar-refractivity contribution in [3.05, 3.63) is 53.7 Å². The summed E-state index contributed by atoms with van der Waals surface area (Å²) in [5.41, 5.74) is 0.931. The minimum absolute atomic E-state index is 0.0499. The minimum Gasteiger partial charge on any atom is -0.441 e. The van der Waals surface area contributed by atoms with E-state index < -0.39 is 12.0 Å². The Morgan fingerprint density at radius 2 is 2.09 bits per heavy atom. The van der Waals surface area contributed by atoms with Crippen LogP contribution in [-0.2, 0) is 11.3 Å². The van der Waals surface area contributed by atoms with Gasteiger partial charge >= 0.3 is 6.09 Å². The number of ether oxygens (including phenoxy) is 1. The number of rotatable bonds is 5. The smallest absolute Gasteiger partial charge is 0.416 e. The van der Waals surface area contributed by atoms with Gasteiger partial charge in [0.15, 0.2) is 18.1 Å². The van der Waals surface area contributed by atoms with E-state index in [4.69, 9.17) is 9.26 Å². The molecule has 2 amide bonds. The van der Waals surface area contributed by atoms with E-state index in [9.17, 15) is 14.0 Å². The number of nitrogens with zero attached hydrogens (tertiary/aromatic N) is 3. The SMILES string of the molecule is CNC(=O)c1cc(COC(=O)N(c2ccc3cc(F)ccc3n2)C2CC3(CNC3)C2)on1. The average Bonchev–Trinajstić information content (AvgIpc) is 3.21. The van der Waals surface area contributed by atoms with Gasteiger partial charge in [-0.15, -0.1) is 0 Å². The molecule has 1 saturated heterocycles. The van der Waals surface area contributed by atoms with Crippen LogP contribution in [0.1, 0.15) is 29.1 Å². The molecule has 1 aliphatic heterocycles. The molecule has 3 aromatic rings. The Kier molecular flexibility index (Phi) is 5.01. The van der Waals surface area contributed by atoms with Gasteiger partial charge in [-0.25, -0.2) is 14.2 Å². The van der Waals surface area contributed by atoms with Crippen molar-refractivity contribution in [2.75, 3.05) is 25.0 Å². The molecule has 0 atom stereocenters. The quantitative estimate of drug-likeness (QED) is 0.629. The van der Waals surface area contributed by atoms with Crippen molar-refractivity contribution in [3.8, 4) is 0 Å². The second-order valence-corrected chi connectivity index (χ2v) is 8.35. The summed E-state index contributed by atoms with van der Waals surface area (Å²) in [5, 5.41) is 10.1. The fourth-order valence-corrected chi connectivity index (χ4v) is 4.36. The largest absolute Gasteiger partial charge is 0.441 e. The van der Waals surface area contributed by atoms with Crippen LogP contribution in [0.15, 0.2) is 40.9 Å². The van der Waals surface area contributed by atoms with Crippen molar-refractivity contribution < 1.29 is 23.2 Å². The maximum absolute atomic E-state index is 13.5. The summed E-state index contributed by atoms with van der Waals surface area (Å²) in [6.45, 7) is 1.71. The first-order chi connectivity index (χ1) is 15.5. The maximum atomic E-state index is 13.5. The summed E-state index contributed by atoms with van der Waals surface area (Å²) >= 11 is 0. The fourth-order valence-electron chi connectivity index (χ4n) is 4.36. The van der Waals surface area contributed by atoms with Gasteiger partial charge in [0.1, 0.15) is 11.6 Å². The molecule has 32 heavy (non-hydrogen) atoms. The molecule has 0 radical (unpaired) electrons. The van der Waals surface area contributed by atoms with Gasteiger partial charge < -0.3 is 19.9 Å². The lowest BCUT2D eigenvalue weighted by molar-refractivity contribution is 0.0324. The third-order valence-corrected chi connectivity index (χ3v) is 6.14. The number of aromatic nitrogens is 2. The lowest BCUT2D eigenvalue weighted by Crippen LogP contribution is -2.66. The molecule has 166 valence electrons. The Labute approximate surface area is 182 Å². The van der Waals surface area contributed by atoms with Gasteiger partial charge in [-0.3, -0.25) is 9.69 Å². The Balaban J connectivity index is 1.36. The number of benzene rings is 1. The molecule has 1 aromatic carbocycles. The molecule has 9 nitrogen and oxygen atoms in total. The van der Waals surface area contributed by atoms with Crippen molar-refractivity contribution in [3.63, 3.8) is 0 Å². The van der Waals surface area contributed by atoms with Crippen LogP contribution in [0.2, 0.25) is 0 Å². The minimum atomic E-state index is -0.566. The first kappa shape index (κ1) is 20.4. The van der Waals surface area contributed by atoms with Crippen molar-refractivity contribution >= 4 is 28.7 Å². The highest BCUT2D eigenvalue weighted by Crippen LogP contribution is 2.47. The highest BCUT2D eigenvalue weighted by molar-refractivity contribution is 5.92. The number of halogens is 1. The lowest BCUT2D eigenvalue weighted by atomic mass is 9.61. The Hall–Kier alpha value is -3.53. The Morgan fingerprint density at radius 3 is 2.81 bits per heavy atom. The van der Waals surface area contributed by atoms with Gasteiger partial charge in [0.2, 0.25) is 0 Å². The van der Waals surface area contributed by atoms with Gasteiger partial charge in [0.25, 0.3) is 5.91 Å². The Bertz CT molecular complexity index is 1180. The molecule has 1 spiro atoms. The predicted octanol–water partition coefficient (Wildman–Crippen LogP) is 2.62. The van der Waals surface area contributed by atoms with Crippen molar-refractivity contribution in [1.29, 1.82) is 0 Å². The second-order valence-electron chi connectivity index (χ2n) is 8.35. The zero-order chi connectivity index (χ0) is 22.3. The summed E-state index contributed by atoms with van der Waals surface area (Å²) in [4.78, 5) is 30.9. The monoisotopic (exact) mass is 439 g/mol. The molecule has 10 heteroatoms. The van der Waals surface area contributed by atoms with Crippen LogP contribution in [0, 0.1) is 11.2 Å². The van der Waals surface area contributed by atoms with Crippen LogP contribution >= 0.6 is 0 Å². The average molecular weight is 439 g/mol. The molecule has 3 heterocycles. The zero-order valence-electron chi connectivity index (χ0n) is 17.4. The molecule has 1 aliphatic carbocycles. The summed E-state index contributed by atoms with van der Waals surface area (Å²) in [6, 6.07) is 9.15. The number of amides is 2.